The maximum Gasteiger partial charge on any atom is 0.246 e. The minimum Gasteiger partial charge on any atom is -0.489 e. The molecule has 1 N–H and O–H groups in total. The number of aromatic nitrogens is 1. The smallest absolute Gasteiger partial charge is 0.246 e. The average molecular weight is 491 g/mol. The number of hydrogen-bond donors (Lipinski definition) is 1. The lowest BCUT2D eigenvalue weighted by Gasteiger charge is -2.25. The molecule has 0 bridgehead atoms. The fourth-order valence-electron chi connectivity index (χ4n) is 4.38. The zero-order valence-electron chi connectivity index (χ0n) is 20.3. The lowest BCUT2D eigenvalue weighted by atomic mass is 9.98. The molecule has 0 aliphatic carbocycles. The first-order valence-electron chi connectivity index (χ1n) is 12.2. The van der Waals surface area contributed by atoms with Gasteiger partial charge in [-0.05, 0) is 77.1 Å². The summed E-state index contributed by atoms with van der Waals surface area (Å²) < 4.78 is 5.81. The Balaban J connectivity index is 1.14. The molecule has 2 aliphatic rings. The fraction of sp³-hybridized carbons (Fsp3) is 0.200. The first-order valence-corrected chi connectivity index (χ1v) is 12.2. The number of hydrogen-bond acceptors (Lipinski definition) is 5. The molecule has 184 valence electrons. The van der Waals surface area contributed by atoms with Crippen LogP contribution in [0, 0.1) is 11.3 Å². The van der Waals surface area contributed by atoms with Crippen molar-refractivity contribution < 1.29 is 14.3 Å². The van der Waals surface area contributed by atoms with Crippen LogP contribution < -0.4 is 10.1 Å². The Morgan fingerprint density at radius 2 is 1.92 bits per heavy atom. The molecule has 3 aromatic rings. The third kappa shape index (κ3) is 5.93. The molecule has 0 radical (unpaired) electrons. The third-order valence-corrected chi connectivity index (χ3v) is 6.52. The molecule has 0 saturated heterocycles. The molecule has 0 fully saturated rings. The van der Waals surface area contributed by atoms with E-state index < -0.39 is 0 Å². The van der Waals surface area contributed by atoms with Gasteiger partial charge in [-0.15, -0.1) is 0 Å². The number of nitriles is 1. The van der Waals surface area contributed by atoms with Crippen LogP contribution in [0.2, 0.25) is 0 Å². The molecule has 1 aromatic heterocycles. The fourth-order valence-corrected chi connectivity index (χ4v) is 4.38. The van der Waals surface area contributed by atoms with E-state index in [1.165, 1.54) is 5.57 Å². The van der Waals surface area contributed by atoms with E-state index in [4.69, 9.17) is 10.00 Å². The highest BCUT2D eigenvalue weighted by Crippen LogP contribution is 2.24. The number of benzene rings is 2. The predicted octanol–water partition coefficient (Wildman–Crippen LogP) is 4.75. The van der Waals surface area contributed by atoms with Crippen molar-refractivity contribution in [2.75, 3.05) is 18.4 Å². The van der Waals surface area contributed by atoms with E-state index in [1.807, 2.05) is 11.0 Å². The molecule has 2 aliphatic heterocycles. The van der Waals surface area contributed by atoms with Gasteiger partial charge in [-0.1, -0.05) is 30.3 Å². The standard InChI is InChI=1S/C30H26N4O3/c31-18-21-3-9-27(10-4-21)37-20-22-1-6-24(7-2-22)25-13-15-34(16-14-25)29(36)12-5-23-17-26-8-11-28(35)33-30(26)32-19-23/h1-7,9-10,12-13,17,19H,8,11,14-16,20H2,(H,32,33,35). The summed E-state index contributed by atoms with van der Waals surface area (Å²) in [5, 5.41) is 11.7. The zero-order chi connectivity index (χ0) is 25.6. The summed E-state index contributed by atoms with van der Waals surface area (Å²) in [6.45, 7) is 1.68. The Kier molecular flexibility index (Phi) is 7.09. The topological polar surface area (TPSA) is 95.3 Å². The van der Waals surface area contributed by atoms with E-state index in [-0.39, 0.29) is 11.8 Å². The highest BCUT2D eigenvalue weighted by atomic mass is 16.5. The summed E-state index contributed by atoms with van der Waals surface area (Å²) in [6, 6.07) is 19.4. The van der Waals surface area contributed by atoms with Gasteiger partial charge in [-0.25, -0.2) is 4.98 Å². The lowest BCUT2D eigenvalue weighted by molar-refractivity contribution is -0.125. The molecule has 0 atom stereocenters. The van der Waals surface area contributed by atoms with Crippen molar-refractivity contribution in [3.8, 4) is 11.8 Å². The number of aryl methyl sites for hydroxylation is 1. The number of anilines is 1. The second-order valence-corrected chi connectivity index (χ2v) is 9.04. The SMILES string of the molecule is N#Cc1ccc(OCc2ccc(C3=CCN(C(=O)C=Cc4cnc5c(c4)CCC(=O)N5)CC3)cc2)cc1. The van der Waals surface area contributed by atoms with Crippen LogP contribution in [0.1, 0.15) is 40.7 Å². The number of amides is 2. The second-order valence-electron chi connectivity index (χ2n) is 9.04. The number of carbonyl (C=O) groups excluding carboxylic acids is 2. The molecule has 2 aromatic carbocycles. The molecule has 0 saturated carbocycles. The van der Waals surface area contributed by atoms with Crippen LogP contribution in [0.3, 0.4) is 0 Å². The Morgan fingerprint density at radius 1 is 1.11 bits per heavy atom. The average Bonchev–Trinajstić information content (AvgIpc) is 2.95. The number of pyridine rings is 1. The summed E-state index contributed by atoms with van der Waals surface area (Å²) in [6.07, 6.45) is 9.06. The van der Waals surface area contributed by atoms with Gasteiger partial charge in [0.1, 0.15) is 18.2 Å². The van der Waals surface area contributed by atoms with Gasteiger partial charge in [-0.2, -0.15) is 5.26 Å². The van der Waals surface area contributed by atoms with Crippen LogP contribution in [-0.4, -0.2) is 34.8 Å². The van der Waals surface area contributed by atoms with Gasteiger partial charge in [0, 0.05) is 31.8 Å². The minimum atomic E-state index is -0.0309. The van der Waals surface area contributed by atoms with Crippen molar-refractivity contribution in [2.24, 2.45) is 0 Å². The molecule has 5 rings (SSSR count). The van der Waals surface area contributed by atoms with E-state index in [0.717, 1.165) is 34.4 Å². The van der Waals surface area contributed by atoms with Crippen molar-refractivity contribution in [2.45, 2.75) is 25.9 Å². The predicted molar refractivity (Wildman–Crippen MR) is 141 cm³/mol. The van der Waals surface area contributed by atoms with Gasteiger partial charge < -0.3 is 15.0 Å². The number of carbonyl (C=O) groups is 2. The van der Waals surface area contributed by atoms with E-state index in [0.29, 0.717) is 43.9 Å². The van der Waals surface area contributed by atoms with E-state index in [9.17, 15) is 9.59 Å². The van der Waals surface area contributed by atoms with Gasteiger partial charge in [0.15, 0.2) is 0 Å². The Hall–Kier alpha value is -4.70. The van der Waals surface area contributed by atoms with Gasteiger partial charge in [0.2, 0.25) is 11.8 Å². The highest BCUT2D eigenvalue weighted by Gasteiger charge is 2.17. The first-order chi connectivity index (χ1) is 18.1. The van der Waals surface area contributed by atoms with Crippen LogP contribution >= 0.6 is 0 Å². The number of ether oxygens (including phenoxy) is 1. The van der Waals surface area contributed by atoms with Gasteiger partial charge >= 0.3 is 0 Å². The van der Waals surface area contributed by atoms with Crippen molar-refractivity contribution in [3.05, 3.63) is 101 Å². The number of fused-ring (bicyclic) bond motifs is 1. The molecular formula is C30H26N4O3. The van der Waals surface area contributed by atoms with Crippen molar-refractivity contribution >= 4 is 29.3 Å². The maximum atomic E-state index is 12.7. The number of nitrogens with one attached hydrogen (secondary N) is 1. The maximum absolute atomic E-state index is 12.7. The molecular weight excluding hydrogens is 464 g/mol. The van der Waals surface area contributed by atoms with Crippen LogP contribution in [0.15, 0.2) is 72.9 Å². The zero-order valence-corrected chi connectivity index (χ0v) is 20.3. The molecule has 0 unspecified atom stereocenters. The highest BCUT2D eigenvalue weighted by molar-refractivity contribution is 5.94. The van der Waals surface area contributed by atoms with Crippen LogP contribution in [0.25, 0.3) is 11.6 Å². The van der Waals surface area contributed by atoms with Crippen LogP contribution in [-0.2, 0) is 22.6 Å². The normalized spacial score (nSPS) is 14.9. The van der Waals surface area contributed by atoms with Gasteiger partial charge in [0.05, 0.1) is 11.6 Å². The molecule has 7 heteroatoms. The van der Waals surface area contributed by atoms with E-state index >= 15 is 0 Å². The first kappa shape index (κ1) is 24.0. The van der Waals surface area contributed by atoms with Crippen molar-refractivity contribution in [1.29, 1.82) is 5.26 Å². The Labute approximate surface area is 215 Å². The summed E-state index contributed by atoms with van der Waals surface area (Å²) in [5.74, 6) is 1.30. The summed E-state index contributed by atoms with van der Waals surface area (Å²) in [5.41, 5.74) is 5.89. The monoisotopic (exact) mass is 490 g/mol. The minimum absolute atomic E-state index is 0.0133. The molecule has 7 nitrogen and oxygen atoms in total. The summed E-state index contributed by atoms with van der Waals surface area (Å²) in [7, 11) is 0. The van der Waals surface area contributed by atoms with Crippen LogP contribution in [0.5, 0.6) is 5.75 Å². The Bertz CT molecular complexity index is 1420. The van der Waals surface area contributed by atoms with Crippen molar-refractivity contribution in [1.82, 2.24) is 9.88 Å². The second kappa shape index (κ2) is 10.9. The quantitative estimate of drug-likeness (QED) is 0.504. The molecule has 0 spiro atoms. The van der Waals surface area contributed by atoms with E-state index in [1.54, 1.807) is 42.6 Å². The van der Waals surface area contributed by atoms with E-state index in [2.05, 4.69) is 46.7 Å². The number of nitrogens with zero attached hydrogens (tertiary/aromatic N) is 3. The summed E-state index contributed by atoms with van der Waals surface area (Å²) in [4.78, 5) is 30.3. The van der Waals surface area contributed by atoms with Crippen molar-refractivity contribution in [3.63, 3.8) is 0 Å². The van der Waals surface area contributed by atoms with Gasteiger partial charge in [0.25, 0.3) is 0 Å². The molecule has 2 amide bonds. The third-order valence-electron chi connectivity index (χ3n) is 6.52. The lowest BCUT2D eigenvalue weighted by Crippen LogP contribution is -2.33. The largest absolute Gasteiger partial charge is 0.489 e. The Morgan fingerprint density at radius 3 is 2.65 bits per heavy atom. The molecule has 37 heavy (non-hydrogen) atoms. The van der Waals surface area contributed by atoms with Crippen LogP contribution in [0.4, 0.5) is 5.82 Å². The molecule has 3 heterocycles. The number of rotatable bonds is 6. The van der Waals surface area contributed by atoms with Gasteiger partial charge in [-0.3, -0.25) is 9.59 Å². The summed E-state index contributed by atoms with van der Waals surface area (Å²) >= 11 is 0.